The molecule has 5 heteroatoms. The highest BCUT2D eigenvalue weighted by Gasteiger charge is 2.19. The van der Waals surface area contributed by atoms with Gasteiger partial charge < -0.3 is 27.2 Å². The van der Waals surface area contributed by atoms with E-state index in [1.54, 1.807) is 7.11 Å². The first kappa shape index (κ1) is 20.1. The third kappa shape index (κ3) is 5.63. The molecule has 0 bridgehead atoms. The lowest BCUT2D eigenvalue weighted by molar-refractivity contribution is -0.00000589. The van der Waals surface area contributed by atoms with Crippen LogP contribution in [0.2, 0.25) is 0 Å². The second kappa shape index (κ2) is 10.0. The van der Waals surface area contributed by atoms with Crippen LogP contribution >= 0.6 is 15.9 Å². The highest BCUT2D eigenvalue weighted by Crippen LogP contribution is 2.36. The Bertz CT molecular complexity index is 660. The Morgan fingerprint density at radius 2 is 1.76 bits per heavy atom. The first-order valence-electron chi connectivity index (χ1n) is 8.54. The number of halogens is 2. The maximum atomic E-state index is 6.13. The zero-order valence-electron chi connectivity index (χ0n) is 14.4. The lowest BCUT2D eigenvalue weighted by atomic mass is 10.1. The van der Waals surface area contributed by atoms with Gasteiger partial charge in [0.15, 0.2) is 11.5 Å². The molecule has 2 aromatic carbocycles. The molecule has 3 rings (SSSR count). The lowest BCUT2D eigenvalue weighted by Gasteiger charge is -2.18. The van der Waals surface area contributed by atoms with E-state index in [0.717, 1.165) is 41.9 Å². The number of nitrogens with one attached hydrogen (secondary N) is 1. The standard InChI is InChI=1S/C20H24BrNO2.ClH/c1-23-19-11-16(14-22-13-15-7-3-2-4-8-15)18(21)12-20(19)24-17-9-5-6-10-17;/h2-4,7-8,11-12,17,22H,5-6,9-10,13-14H2,1H3;1H/p-1. The van der Waals surface area contributed by atoms with Gasteiger partial charge in [-0.3, -0.25) is 0 Å². The summed E-state index contributed by atoms with van der Waals surface area (Å²) in [5, 5.41) is 3.48. The first-order valence-corrected chi connectivity index (χ1v) is 9.33. The van der Waals surface area contributed by atoms with Crippen molar-refractivity contribution >= 4 is 15.9 Å². The lowest BCUT2D eigenvalue weighted by Crippen LogP contribution is -3.00. The van der Waals surface area contributed by atoms with E-state index in [1.165, 1.54) is 24.0 Å². The Balaban J connectivity index is 0.00000225. The van der Waals surface area contributed by atoms with E-state index < -0.39 is 0 Å². The van der Waals surface area contributed by atoms with Crippen molar-refractivity contribution in [3.05, 3.63) is 58.1 Å². The molecule has 136 valence electrons. The van der Waals surface area contributed by atoms with Crippen molar-refractivity contribution in [3.63, 3.8) is 0 Å². The van der Waals surface area contributed by atoms with Crippen LogP contribution in [0.5, 0.6) is 11.5 Å². The van der Waals surface area contributed by atoms with Gasteiger partial charge >= 0.3 is 0 Å². The highest BCUT2D eigenvalue weighted by molar-refractivity contribution is 9.10. The van der Waals surface area contributed by atoms with Crippen molar-refractivity contribution < 1.29 is 21.9 Å². The fourth-order valence-corrected chi connectivity index (χ4v) is 3.55. The molecule has 1 fully saturated rings. The number of ether oxygens (including phenoxy) is 2. The fourth-order valence-electron chi connectivity index (χ4n) is 3.09. The minimum Gasteiger partial charge on any atom is -1.00 e. The Morgan fingerprint density at radius 3 is 2.44 bits per heavy atom. The Hall–Kier alpha value is -1.23. The molecule has 1 N–H and O–H groups in total. The van der Waals surface area contributed by atoms with Crippen molar-refractivity contribution in [2.75, 3.05) is 7.11 Å². The van der Waals surface area contributed by atoms with Crippen molar-refractivity contribution in [1.82, 2.24) is 5.32 Å². The predicted octanol–water partition coefficient (Wildman–Crippen LogP) is 2.07. The van der Waals surface area contributed by atoms with E-state index in [4.69, 9.17) is 9.47 Å². The summed E-state index contributed by atoms with van der Waals surface area (Å²) in [5.41, 5.74) is 2.45. The maximum Gasteiger partial charge on any atom is 0.162 e. The van der Waals surface area contributed by atoms with Crippen LogP contribution in [0.4, 0.5) is 0 Å². The van der Waals surface area contributed by atoms with Gasteiger partial charge in [-0.05, 0) is 48.9 Å². The smallest absolute Gasteiger partial charge is 0.162 e. The Labute approximate surface area is 164 Å². The van der Waals surface area contributed by atoms with Gasteiger partial charge in [-0.25, -0.2) is 0 Å². The predicted molar refractivity (Wildman–Crippen MR) is 101 cm³/mol. The fraction of sp³-hybridized carbons (Fsp3) is 0.400. The zero-order valence-corrected chi connectivity index (χ0v) is 16.8. The van der Waals surface area contributed by atoms with Gasteiger partial charge in [0, 0.05) is 17.6 Å². The average molecular weight is 426 g/mol. The van der Waals surface area contributed by atoms with Gasteiger partial charge in [0.05, 0.1) is 13.2 Å². The number of methoxy groups -OCH3 is 1. The van der Waals surface area contributed by atoms with Gasteiger partial charge in [-0.2, -0.15) is 0 Å². The molecule has 1 aliphatic rings. The molecule has 0 heterocycles. The van der Waals surface area contributed by atoms with Crippen LogP contribution in [0.3, 0.4) is 0 Å². The molecule has 0 aliphatic heterocycles. The average Bonchev–Trinajstić information content (AvgIpc) is 3.11. The van der Waals surface area contributed by atoms with Crippen LogP contribution in [0.25, 0.3) is 0 Å². The second-order valence-corrected chi connectivity index (χ2v) is 7.06. The largest absolute Gasteiger partial charge is 1.00 e. The summed E-state index contributed by atoms with van der Waals surface area (Å²) in [5.74, 6) is 1.64. The summed E-state index contributed by atoms with van der Waals surface area (Å²) in [4.78, 5) is 0. The third-order valence-electron chi connectivity index (χ3n) is 4.42. The Morgan fingerprint density at radius 1 is 1.04 bits per heavy atom. The molecule has 0 saturated heterocycles. The van der Waals surface area contributed by atoms with Gasteiger partial charge in [0.2, 0.25) is 0 Å². The quantitative estimate of drug-likeness (QED) is 0.737. The minimum atomic E-state index is 0. The SMILES string of the molecule is COc1cc(CNCc2ccccc2)c(Br)cc1OC1CCCC1.[Cl-]. The molecule has 0 radical (unpaired) electrons. The van der Waals surface area contributed by atoms with Crippen LogP contribution < -0.4 is 27.2 Å². The van der Waals surface area contributed by atoms with Crippen molar-refractivity contribution in [2.45, 2.75) is 44.9 Å². The summed E-state index contributed by atoms with van der Waals surface area (Å²) >= 11 is 3.67. The van der Waals surface area contributed by atoms with Crippen molar-refractivity contribution in [3.8, 4) is 11.5 Å². The molecule has 0 spiro atoms. The minimum absolute atomic E-state index is 0. The topological polar surface area (TPSA) is 30.5 Å². The van der Waals surface area contributed by atoms with Crippen LogP contribution in [0, 0.1) is 0 Å². The van der Waals surface area contributed by atoms with Gasteiger partial charge in [0.25, 0.3) is 0 Å². The van der Waals surface area contributed by atoms with Crippen LogP contribution in [0.15, 0.2) is 46.9 Å². The summed E-state index contributed by atoms with van der Waals surface area (Å²) in [6.07, 6.45) is 5.13. The van der Waals surface area contributed by atoms with Gasteiger partial charge in [0.1, 0.15) is 0 Å². The molecule has 0 amide bonds. The molecule has 0 aromatic heterocycles. The molecule has 2 aromatic rings. The number of hydrogen-bond acceptors (Lipinski definition) is 3. The molecule has 1 aliphatic carbocycles. The van der Waals surface area contributed by atoms with Crippen LogP contribution in [0.1, 0.15) is 36.8 Å². The van der Waals surface area contributed by atoms with E-state index in [0.29, 0.717) is 6.10 Å². The van der Waals surface area contributed by atoms with E-state index in [2.05, 4.69) is 51.6 Å². The second-order valence-electron chi connectivity index (χ2n) is 6.21. The highest BCUT2D eigenvalue weighted by atomic mass is 79.9. The normalized spacial score (nSPS) is 14.2. The van der Waals surface area contributed by atoms with Crippen LogP contribution in [-0.4, -0.2) is 13.2 Å². The molecule has 3 nitrogen and oxygen atoms in total. The number of benzene rings is 2. The summed E-state index contributed by atoms with van der Waals surface area (Å²) in [6, 6.07) is 14.5. The summed E-state index contributed by atoms with van der Waals surface area (Å²) in [6.45, 7) is 1.62. The molecular formula is C20H24BrClNO2-. The molecule has 1 saturated carbocycles. The molecule has 0 unspecified atom stereocenters. The van der Waals surface area contributed by atoms with E-state index >= 15 is 0 Å². The molecule has 0 atom stereocenters. The monoisotopic (exact) mass is 424 g/mol. The van der Waals surface area contributed by atoms with E-state index in [9.17, 15) is 0 Å². The Kier molecular flexibility index (Phi) is 8.07. The van der Waals surface area contributed by atoms with Gasteiger partial charge in [-0.1, -0.05) is 46.3 Å². The summed E-state index contributed by atoms with van der Waals surface area (Å²) < 4.78 is 12.7. The number of hydrogen-bond donors (Lipinski definition) is 1. The third-order valence-corrected chi connectivity index (χ3v) is 5.15. The van der Waals surface area contributed by atoms with E-state index in [-0.39, 0.29) is 12.4 Å². The van der Waals surface area contributed by atoms with Gasteiger partial charge in [-0.15, -0.1) is 0 Å². The molecular weight excluding hydrogens is 402 g/mol. The molecule has 25 heavy (non-hydrogen) atoms. The van der Waals surface area contributed by atoms with E-state index in [1.807, 2.05) is 12.1 Å². The van der Waals surface area contributed by atoms with Crippen LogP contribution in [-0.2, 0) is 13.1 Å². The van der Waals surface area contributed by atoms with Crippen molar-refractivity contribution in [1.29, 1.82) is 0 Å². The zero-order chi connectivity index (χ0) is 16.8. The first-order chi connectivity index (χ1) is 11.8. The maximum absolute atomic E-state index is 6.13. The van der Waals surface area contributed by atoms with Crippen molar-refractivity contribution in [2.24, 2.45) is 0 Å². The summed E-state index contributed by atoms with van der Waals surface area (Å²) in [7, 11) is 1.70. The number of rotatable bonds is 7.